The number of carbonyl (C=O) groups is 1. The fourth-order valence-corrected chi connectivity index (χ4v) is 2.50. The van der Waals surface area contributed by atoms with Gasteiger partial charge in [-0.2, -0.15) is 5.10 Å². The van der Waals surface area contributed by atoms with E-state index >= 15 is 0 Å². The lowest BCUT2D eigenvalue weighted by Crippen LogP contribution is -2.39. The van der Waals surface area contributed by atoms with Crippen LogP contribution in [-0.4, -0.2) is 45.4 Å². The average Bonchev–Trinajstić information content (AvgIpc) is 2.97. The quantitative estimate of drug-likeness (QED) is 0.457. The molecule has 1 amide bonds. The zero-order valence-electron chi connectivity index (χ0n) is 12.8. The molecule has 1 aliphatic rings. The summed E-state index contributed by atoms with van der Waals surface area (Å²) < 4.78 is 6.81. The van der Waals surface area contributed by atoms with Crippen LogP contribution in [-0.2, 0) is 11.3 Å². The highest BCUT2D eigenvalue weighted by atomic mass is 16.6. The van der Waals surface area contributed by atoms with Crippen LogP contribution >= 0.6 is 0 Å². The van der Waals surface area contributed by atoms with Crippen molar-refractivity contribution < 1.29 is 14.5 Å². The lowest BCUT2D eigenvalue weighted by atomic mass is 9.97. The van der Waals surface area contributed by atoms with Gasteiger partial charge in [0, 0.05) is 19.6 Å². The number of carbonyl (C=O) groups excluding carboxylic acids is 1. The molecule has 22 heavy (non-hydrogen) atoms. The topological polar surface area (TPSA) is 90.5 Å². The van der Waals surface area contributed by atoms with Crippen LogP contribution in [0.15, 0.2) is 12.4 Å². The van der Waals surface area contributed by atoms with E-state index in [0.29, 0.717) is 32.2 Å². The Morgan fingerprint density at radius 1 is 1.50 bits per heavy atom. The molecule has 1 aliphatic heterocycles. The Balaban J connectivity index is 1.74. The van der Waals surface area contributed by atoms with E-state index in [2.05, 4.69) is 12.0 Å². The van der Waals surface area contributed by atoms with Crippen molar-refractivity contribution in [1.82, 2.24) is 14.7 Å². The number of aromatic nitrogens is 2. The molecule has 0 atom stereocenters. The molecule has 1 aromatic rings. The number of ether oxygens (including phenoxy) is 1. The average molecular weight is 310 g/mol. The maximum atomic E-state index is 11.8. The predicted molar refractivity (Wildman–Crippen MR) is 79.4 cm³/mol. The molecule has 1 fully saturated rings. The third-order valence-corrected chi connectivity index (χ3v) is 3.87. The molecule has 0 bridgehead atoms. The molecule has 0 aliphatic carbocycles. The first kappa shape index (κ1) is 16.3. The minimum absolute atomic E-state index is 0.0111. The van der Waals surface area contributed by atoms with Crippen LogP contribution in [0.1, 0.15) is 32.6 Å². The molecule has 0 radical (unpaired) electrons. The molecule has 1 aromatic heterocycles. The fraction of sp³-hybridized carbons (Fsp3) is 0.714. The first-order valence-electron chi connectivity index (χ1n) is 7.68. The number of nitrogens with zero attached hydrogens (tertiary/aromatic N) is 4. The molecule has 0 spiro atoms. The van der Waals surface area contributed by atoms with Crippen LogP contribution in [0.3, 0.4) is 0 Å². The molecule has 8 nitrogen and oxygen atoms in total. The van der Waals surface area contributed by atoms with Crippen molar-refractivity contribution in [3.8, 4) is 0 Å². The number of nitro groups is 1. The van der Waals surface area contributed by atoms with E-state index in [1.165, 1.54) is 12.4 Å². The Morgan fingerprint density at radius 2 is 2.23 bits per heavy atom. The Morgan fingerprint density at radius 3 is 2.82 bits per heavy atom. The van der Waals surface area contributed by atoms with Gasteiger partial charge in [-0.3, -0.25) is 14.8 Å². The maximum absolute atomic E-state index is 11.8. The van der Waals surface area contributed by atoms with Crippen LogP contribution < -0.4 is 0 Å². The van der Waals surface area contributed by atoms with Gasteiger partial charge in [-0.1, -0.05) is 13.3 Å². The van der Waals surface area contributed by atoms with Crippen molar-refractivity contribution in [2.45, 2.75) is 39.2 Å². The fourth-order valence-electron chi connectivity index (χ4n) is 2.50. The summed E-state index contributed by atoms with van der Waals surface area (Å²) in [6.45, 7) is 4.51. The number of rotatable bonds is 6. The highest BCUT2D eigenvalue weighted by Crippen LogP contribution is 2.20. The van der Waals surface area contributed by atoms with E-state index in [1.54, 1.807) is 9.58 Å². The predicted octanol–water partition coefficient (Wildman–Crippen LogP) is 2.44. The smallest absolute Gasteiger partial charge is 0.409 e. The Labute approximate surface area is 129 Å². The highest BCUT2D eigenvalue weighted by Gasteiger charge is 2.24. The van der Waals surface area contributed by atoms with E-state index in [1.807, 2.05) is 0 Å². The molecule has 2 rings (SSSR count). The van der Waals surface area contributed by atoms with E-state index < -0.39 is 4.92 Å². The Bertz CT molecular complexity index is 509. The minimum Gasteiger partial charge on any atom is -0.449 e. The van der Waals surface area contributed by atoms with Gasteiger partial charge in [0.05, 0.1) is 11.5 Å². The van der Waals surface area contributed by atoms with Gasteiger partial charge in [0.15, 0.2) is 0 Å². The van der Waals surface area contributed by atoms with Crippen LogP contribution in [0, 0.1) is 16.0 Å². The SMILES string of the molecule is CCCCOC(=O)N1CCC(Cn2cc([N+](=O)[O-])cn2)CC1. The van der Waals surface area contributed by atoms with Crippen LogP contribution in [0.5, 0.6) is 0 Å². The zero-order valence-corrected chi connectivity index (χ0v) is 12.8. The van der Waals surface area contributed by atoms with Gasteiger partial charge < -0.3 is 9.64 Å². The van der Waals surface area contributed by atoms with E-state index in [9.17, 15) is 14.9 Å². The number of likely N-dealkylation sites (tertiary alicyclic amines) is 1. The second-order valence-electron chi connectivity index (χ2n) is 5.58. The molecule has 0 saturated carbocycles. The van der Waals surface area contributed by atoms with Gasteiger partial charge in [0.1, 0.15) is 12.4 Å². The largest absolute Gasteiger partial charge is 0.449 e. The monoisotopic (exact) mass is 310 g/mol. The molecule has 0 aromatic carbocycles. The third kappa shape index (κ3) is 4.44. The van der Waals surface area contributed by atoms with Crippen molar-refractivity contribution in [1.29, 1.82) is 0 Å². The minimum atomic E-state index is -0.446. The van der Waals surface area contributed by atoms with Gasteiger partial charge in [0.25, 0.3) is 0 Å². The lowest BCUT2D eigenvalue weighted by Gasteiger charge is -2.31. The lowest BCUT2D eigenvalue weighted by molar-refractivity contribution is -0.385. The Hall–Kier alpha value is -2.12. The summed E-state index contributed by atoms with van der Waals surface area (Å²) >= 11 is 0. The van der Waals surface area contributed by atoms with E-state index in [4.69, 9.17) is 4.74 Å². The van der Waals surface area contributed by atoms with Gasteiger partial charge in [-0.05, 0) is 25.2 Å². The summed E-state index contributed by atoms with van der Waals surface area (Å²) in [6.07, 6.45) is 6.09. The second-order valence-corrected chi connectivity index (χ2v) is 5.58. The van der Waals surface area contributed by atoms with Gasteiger partial charge in [-0.25, -0.2) is 4.79 Å². The molecule has 1 saturated heterocycles. The van der Waals surface area contributed by atoms with Crippen molar-refractivity contribution in [3.05, 3.63) is 22.5 Å². The number of hydrogen-bond donors (Lipinski definition) is 0. The van der Waals surface area contributed by atoms with Crippen LogP contribution in [0.25, 0.3) is 0 Å². The summed E-state index contributed by atoms with van der Waals surface area (Å²) in [6, 6.07) is 0. The molecule has 0 unspecified atom stereocenters. The molecule has 8 heteroatoms. The normalized spacial score (nSPS) is 15.8. The van der Waals surface area contributed by atoms with Crippen molar-refractivity contribution >= 4 is 11.8 Å². The zero-order chi connectivity index (χ0) is 15.9. The molecular weight excluding hydrogens is 288 g/mol. The van der Waals surface area contributed by atoms with Crippen LogP contribution in [0.2, 0.25) is 0 Å². The van der Waals surface area contributed by atoms with Gasteiger partial charge in [0.2, 0.25) is 0 Å². The maximum Gasteiger partial charge on any atom is 0.409 e. The van der Waals surface area contributed by atoms with Gasteiger partial charge in [-0.15, -0.1) is 0 Å². The number of hydrogen-bond acceptors (Lipinski definition) is 5. The Kier molecular flexibility index (Phi) is 5.74. The summed E-state index contributed by atoms with van der Waals surface area (Å²) in [5.74, 6) is 0.374. The molecule has 2 heterocycles. The second kappa shape index (κ2) is 7.77. The summed E-state index contributed by atoms with van der Waals surface area (Å²) in [7, 11) is 0. The summed E-state index contributed by atoms with van der Waals surface area (Å²) in [5.41, 5.74) is 0.0111. The standard InChI is InChI=1S/C14H22N4O4/c1-2-3-8-22-14(19)16-6-4-12(5-7-16)10-17-11-13(9-15-17)18(20)21/h9,11-12H,2-8,10H2,1H3. The molecule has 0 N–H and O–H groups in total. The van der Waals surface area contributed by atoms with Crippen molar-refractivity contribution in [3.63, 3.8) is 0 Å². The number of amides is 1. The first-order chi connectivity index (χ1) is 10.6. The van der Waals surface area contributed by atoms with E-state index in [0.717, 1.165) is 25.7 Å². The summed E-state index contributed by atoms with van der Waals surface area (Å²) in [4.78, 5) is 23.7. The number of unbranched alkanes of at least 4 members (excludes halogenated alkanes) is 1. The van der Waals surface area contributed by atoms with Crippen molar-refractivity contribution in [2.75, 3.05) is 19.7 Å². The van der Waals surface area contributed by atoms with Crippen molar-refractivity contribution in [2.24, 2.45) is 5.92 Å². The molecule has 122 valence electrons. The third-order valence-electron chi connectivity index (χ3n) is 3.87. The first-order valence-corrected chi connectivity index (χ1v) is 7.68. The highest BCUT2D eigenvalue weighted by molar-refractivity contribution is 5.67. The number of piperidine rings is 1. The van der Waals surface area contributed by atoms with Gasteiger partial charge >= 0.3 is 11.8 Å². The van der Waals surface area contributed by atoms with E-state index in [-0.39, 0.29) is 11.8 Å². The summed E-state index contributed by atoms with van der Waals surface area (Å²) in [5, 5.41) is 14.6. The molecular formula is C14H22N4O4. The van der Waals surface area contributed by atoms with Crippen LogP contribution in [0.4, 0.5) is 10.5 Å².